The summed E-state index contributed by atoms with van der Waals surface area (Å²) in [4.78, 5) is 84.0. The number of anilines is 2. The Balaban J connectivity index is 0.000000247. The van der Waals surface area contributed by atoms with E-state index in [1.807, 2.05) is 38.0 Å². The maximum atomic E-state index is 13.7. The van der Waals surface area contributed by atoms with Gasteiger partial charge in [-0.25, -0.2) is 0 Å². The van der Waals surface area contributed by atoms with Gasteiger partial charge in [-0.05, 0) is 101 Å². The van der Waals surface area contributed by atoms with Crippen LogP contribution >= 0.6 is 24.8 Å². The minimum Gasteiger partial charge on any atom is -0.508 e. The first kappa shape index (κ1) is 52.8. The van der Waals surface area contributed by atoms with Crippen LogP contribution in [0.15, 0.2) is 58.1 Å². The van der Waals surface area contributed by atoms with Gasteiger partial charge in [0.2, 0.25) is 11.6 Å². The Hall–Kier alpha value is -6.16. The summed E-state index contributed by atoms with van der Waals surface area (Å²) in [5.74, 6) is -13.1. The third kappa shape index (κ3) is 7.35. The second-order valence-corrected chi connectivity index (χ2v) is 18.6. The number of nitrogens with zero attached hydrogens (tertiary/aromatic N) is 4. The van der Waals surface area contributed by atoms with Gasteiger partial charge in [0, 0.05) is 62.5 Å². The molecule has 0 unspecified atom stereocenters. The number of halogens is 2. The average Bonchev–Trinajstić information content (AvgIpc) is 3.20. The number of ketones is 4. The molecule has 6 aliphatic carbocycles. The third-order valence-corrected chi connectivity index (χ3v) is 14.1. The second kappa shape index (κ2) is 18.1. The molecule has 0 heterocycles. The van der Waals surface area contributed by atoms with Crippen molar-refractivity contribution in [2.24, 2.45) is 35.1 Å². The van der Waals surface area contributed by atoms with E-state index in [0.29, 0.717) is 11.1 Å². The summed E-state index contributed by atoms with van der Waals surface area (Å²) in [5.41, 5.74) is 6.30. The standard InChI is InChI=1S/2C23H27N3O7.2ClH/c2*1-25(2)12-5-6-13(27)15-10(12)7-9-8-11-17(26(3)4)19(29)16(22(24)32)21(31)23(11,33)20(30)14(9)18(15)28;;/h2*5-6,9,11,17,27-28,31,33H,7-8H2,1-4H3,(H2,24,32);2*1H/t2*9-,11-,17-,23-;;/m00../s1. The molecule has 2 aromatic carbocycles. The number of hydrogen-bond acceptors (Lipinski definition) is 18. The molecule has 0 aliphatic heterocycles. The van der Waals surface area contributed by atoms with Gasteiger partial charge in [0.25, 0.3) is 11.8 Å². The highest BCUT2D eigenvalue weighted by atomic mass is 35.5. The molecule has 2 amide bonds. The van der Waals surface area contributed by atoms with E-state index in [9.17, 15) is 69.6 Å². The lowest BCUT2D eigenvalue weighted by atomic mass is 9.57. The maximum absolute atomic E-state index is 13.7. The lowest BCUT2D eigenvalue weighted by Gasteiger charge is -2.50. The number of likely N-dealkylation sites (N-methyl/N-ethyl adjacent to an activating group) is 2. The Labute approximate surface area is 402 Å². The number of fused-ring (bicyclic) bond motifs is 6. The van der Waals surface area contributed by atoms with Crippen LogP contribution < -0.4 is 21.3 Å². The molecule has 2 aromatic rings. The molecule has 0 radical (unpaired) electrons. The number of benzene rings is 2. The minimum atomic E-state index is -2.63. The Kier molecular flexibility index (Phi) is 14.0. The molecule has 6 aliphatic rings. The van der Waals surface area contributed by atoms with Crippen molar-refractivity contribution < 1.29 is 69.6 Å². The average molecular weight is 988 g/mol. The maximum Gasteiger partial charge on any atom is 0.255 e. The van der Waals surface area contributed by atoms with Crippen LogP contribution in [0, 0.1) is 23.7 Å². The van der Waals surface area contributed by atoms with E-state index >= 15 is 0 Å². The number of carbonyl (C=O) groups is 6. The molecule has 2 fully saturated rings. The van der Waals surface area contributed by atoms with E-state index < -0.39 is 116 Å². The van der Waals surface area contributed by atoms with E-state index in [1.54, 1.807) is 40.3 Å². The summed E-state index contributed by atoms with van der Waals surface area (Å²) < 4.78 is 0. The first-order valence-electron chi connectivity index (χ1n) is 21.0. The zero-order valence-electron chi connectivity index (χ0n) is 38.4. The van der Waals surface area contributed by atoms with E-state index in [-0.39, 0.29) is 84.3 Å². The predicted octanol–water partition coefficient (Wildman–Crippen LogP) is 0.904. The van der Waals surface area contributed by atoms with Crippen molar-refractivity contribution in [2.45, 2.75) is 49.0 Å². The molecule has 0 bridgehead atoms. The van der Waals surface area contributed by atoms with Crippen LogP contribution in [-0.2, 0) is 41.6 Å². The number of aliphatic hydroxyl groups excluding tert-OH is 4. The van der Waals surface area contributed by atoms with Crippen LogP contribution in [0.2, 0.25) is 0 Å². The zero-order valence-corrected chi connectivity index (χ0v) is 40.0. The number of primary amides is 2. The molecule has 20 nitrogen and oxygen atoms in total. The van der Waals surface area contributed by atoms with Gasteiger partial charge in [0.1, 0.15) is 45.7 Å². The summed E-state index contributed by atoms with van der Waals surface area (Å²) >= 11 is 0. The van der Waals surface area contributed by atoms with Gasteiger partial charge in [0.15, 0.2) is 22.8 Å². The fraction of sp³-hybridized carbons (Fsp3) is 0.435. The fourth-order valence-electron chi connectivity index (χ4n) is 11.3. The highest BCUT2D eigenvalue weighted by molar-refractivity contribution is 6.25. The summed E-state index contributed by atoms with van der Waals surface area (Å²) in [6, 6.07) is 4.02. The number of Topliss-reactive ketones (excluding diaryl/α,β-unsaturated/α-hetero) is 4. The summed E-state index contributed by atoms with van der Waals surface area (Å²) in [5, 5.41) is 87.8. The molecule has 12 N–H and O–H groups in total. The number of phenolic OH excluding ortho intramolecular Hbond substituents is 2. The van der Waals surface area contributed by atoms with Crippen molar-refractivity contribution in [2.75, 3.05) is 66.2 Å². The third-order valence-electron chi connectivity index (χ3n) is 14.1. The molecule has 22 heteroatoms. The van der Waals surface area contributed by atoms with Crippen LogP contribution in [0.1, 0.15) is 35.1 Å². The Bertz CT molecular complexity index is 2530. The first-order valence-corrected chi connectivity index (χ1v) is 21.0. The lowest BCUT2D eigenvalue weighted by molar-refractivity contribution is -0.155. The van der Waals surface area contributed by atoms with Crippen LogP contribution in [0.4, 0.5) is 11.4 Å². The normalized spacial score (nSPS) is 28.2. The summed E-state index contributed by atoms with van der Waals surface area (Å²) in [6.45, 7) is 0. The number of rotatable bonds is 6. The van der Waals surface area contributed by atoms with Crippen molar-refractivity contribution in [3.63, 3.8) is 0 Å². The molecule has 2 saturated carbocycles. The van der Waals surface area contributed by atoms with E-state index in [1.165, 1.54) is 21.9 Å². The predicted molar refractivity (Wildman–Crippen MR) is 252 cm³/mol. The van der Waals surface area contributed by atoms with Gasteiger partial charge >= 0.3 is 0 Å². The highest BCUT2D eigenvalue weighted by Gasteiger charge is 2.66. The number of amides is 2. The van der Waals surface area contributed by atoms with Gasteiger partial charge in [0.05, 0.1) is 23.2 Å². The number of phenols is 2. The van der Waals surface area contributed by atoms with E-state index in [4.69, 9.17) is 11.5 Å². The molecule has 8 rings (SSSR count). The molecule has 0 aromatic heterocycles. The van der Waals surface area contributed by atoms with Gasteiger partial charge < -0.3 is 62.1 Å². The Morgan fingerprint density at radius 2 is 0.868 bits per heavy atom. The van der Waals surface area contributed by atoms with Crippen molar-refractivity contribution in [3.8, 4) is 11.5 Å². The minimum absolute atomic E-state index is 0. The van der Waals surface area contributed by atoms with Gasteiger partial charge in [-0.15, -0.1) is 24.8 Å². The SMILES string of the molecule is CN(C)c1ccc(O)c2c1C[C@H]1C[C@H]3[C@H](N(C)C)C(=O)C(C(N)=O)=C(O)[C@@]3(O)C(=O)C1=C2O.CN(C)c1ccc(O)c2c1C[C@H]1C[C@H]3[C@H](N(C)C)C(=O)C(C(N)=O)=C(O)[C@@]3(O)C(=O)C1=C2O.Cl.Cl. The Morgan fingerprint density at radius 3 is 1.13 bits per heavy atom. The van der Waals surface area contributed by atoms with Crippen molar-refractivity contribution in [3.05, 3.63) is 80.3 Å². The van der Waals surface area contributed by atoms with Gasteiger partial charge in [-0.3, -0.25) is 38.6 Å². The van der Waals surface area contributed by atoms with Gasteiger partial charge in [-0.2, -0.15) is 0 Å². The monoisotopic (exact) mass is 986 g/mol. The fourth-order valence-corrected chi connectivity index (χ4v) is 11.3. The number of aromatic hydroxyl groups is 2. The van der Waals surface area contributed by atoms with E-state index in [2.05, 4.69) is 0 Å². The van der Waals surface area contributed by atoms with Crippen LogP contribution in [0.5, 0.6) is 11.5 Å². The lowest BCUT2D eigenvalue weighted by Crippen LogP contribution is -2.65. The molecular weight excluding hydrogens is 931 g/mol. The highest BCUT2D eigenvalue weighted by Crippen LogP contribution is 2.55. The second-order valence-electron chi connectivity index (χ2n) is 18.6. The molecular formula is C46H56Cl2N6O14. The molecule has 8 atom stereocenters. The summed E-state index contributed by atoms with van der Waals surface area (Å²) in [6.07, 6.45) is 0.648. The van der Waals surface area contributed by atoms with Crippen LogP contribution in [0.3, 0.4) is 0 Å². The van der Waals surface area contributed by atoms with Crippen molar-refractivity contribution in [1.29, 1.82) is 0 Å². The van der Waals surface area contributed by atoms with Crippen molar-refractivity contribution in [1.82, 2.24) is 9.80 Å². The first-order chi connectivity index (χ1) is 30.7. The Morgan fingerprint density at radius 1 is 0.559 bits per heavy atom. The molecule has 0 saturated heterocycles. The quantitative estimate of drug-likeness (QED) is 0.180. The molecule has 368 valence electrons. The number of nitrogens with two attached hydrogens (primary N) is 2. The number of carbonyl (C=O) groups excluding carboxylic acids is 6. The van der Waals surface area contributed by atoms with Crippen LogP contribution in [0.25, 0.3) is 11.5 Å². The smallest absolute Gasteiger partial charge is 0.255 e. The number of aliphatic hydroxyl groups is 6. The molecule has 68 heavy (non-hydrogen) atoms. The van der Waals surface area contributed by atoms with Crippen LogP contribution in [-0.4, -0.2) is 165 Å². The largest absolute Gasteiger partial charge is 0.508 e. The van der Waals surface area contributed by atoms with E-state index in [0.717, 1.165) is 11.4 Å². The summed E-state index contributed by atoms with van der Waals surface area (Å²) in [7, 11) is 13.5. The molecule has 0 spiro atoms. The topological polar surface area (TPSA) is 329 Å². The van der Waals surface area contributed by atoms with Crippen molar-refractivity contribution >= 4 is 82.7 Å². The zero-order chi connectivity index (χ0) is 49.1. The van der Waals surface area contributed by atoms with Gasteiger partial charge in [-0.1, -0.05) is 0 Å². The number of hydrogen-bond donors (Lipinski definition) is 10.